The Labute approximate surface area is 105 Å². The summed E-state index contributed by atoms with van der Waals surface area (Å²) in [6.45, 7) is 1.43. The van der Waals surface area contributed by atoms with Crippen molar-refractivity contribution in [3.63, 3.8) is 0 Å². The molecule has 1 amide bonds. The monoisotopic (exact) mass is 255 g/mol. The maximum absolute atomic E-state index is 11.7. The molecule has 1 aromatic rings. The van der Waals surface area contributed by atoms with Crippen LogP contribution in [0.25, 0.3) is 0 Å². The molecule has 0 bridgehead atoms. The Morgan fingerprint density at radius 2 is 2.50 bits per heavy atom. The molecule has 0 saturated carbocycles. The minimum atomic E-state index is -0.333. The Hall–Kier alpha value is -1.47. The molecular formula is C11H17N3O4. The van der Waals surface area contributed by atoms with Gasteiger partial charge in [0.25, 0.3) is 0 Å². The summed E-state index contributed by atoms with van der Waals surface area (Å²) < 4.78 is 15.2. The van der Waals surface area contributed by atoms with Crippen molar-refractivity contribution < 1.29 is 18.8 Å². The topological polar surface area (TPSA) is 86.5 Å². The van der Waals surface area contributed by atoms with Crippen molar-refractivity contribution >= 4 is 5.91 Å². The van der Waals surface area contributed by atoms with E-state index < -0.39 is 0 Å². The van der Waals surface area contributed by atoms with Gasteiger partial charge in [0, 0.05) is 20.1 Å². The molecule has 7 heteroatoms. The Balaban J connectivity index is 1.75. The zero-order chi connectivity index (χ0) is 12.8. The second-order valence-corrected chi connectivity index (χ2v) is 4.07. The molecule has 7 nitrogen and oxygen atoms in total. The third kappa shape index (κ3) is 3.51. The average Bonchev–Trinajstić information content (AvgIpc) is 3.04. The van der Waals surface area contributed by atoms with Crippen LogP contribution in [0.5, 0.6) is 0 Å². The van der Waals surface area contributed by atoms with Gasteiger partial charge >= 0.3 is 0 Å². The third-order valence-electron chi connectivity index (χ3n) is 2.68. The molecule has 0 spiro atoms. The van der Waals surface area contributed by atoms with Gasteiger partial charge in [0.05, 0.1) is 13.2 Å². The fourth-order valence-electron chi connectivity index (χ4n) is 1.72. The first-order valence-electron chi connectivity index (χ1n) is 5.99. The molecule has 1 aliphatic rings. The van der Waals surface area contributed by atoms with Gasteiger partial charge in [-0.05, 0) is 12.8 Å². The van der Waals surface area contributed by atoms with E-state index in [1.807, 2.05) is 0 Å². The molecule has 2 rings (SSSR count). The predicted molar refractivity (Wildman–Crippen MR) is 60.7 cm³/mol. The van der Waals surface area contributed by atoms with Crippen molar-refractivity contribution in [2.75, 3.05) is 20.3 Å². The average molecular weight is 255 g/mol. The van der Waals surface area contributed by atoms with Crippen LogP contribution in [0.4, 0.5) is 0 Å². The molecule has 1 fully saturated rings. The van der Waals surface area contributed by atoms with Gasteiger partial charge < -0.3 is 19.3 Å². The van der Waals surface area contributed by atoms with Crippen LogP contribution in [0.2, 0.25) is 0 Å². The third-order valence-corrected chi connectivity index (χ3v) is 2.68. The van der Waals surface area contributed by atoms with Crippen LogP contribution in [0.3, 0.4) is 0 Å². The molecule has 1 N–H and O–H groups in total. The van der Waals surface area contributed by atoms with Gasteiger partial charge in [-0.3, -0.25) is 4.79 Å². The minimum absolute atomic E-state index is 0.121. The summed E-state index contributed by atoms with van der Waals surface area (Å²) in [5.41, 5.74) is 0. The first kappa shape index (κ1) is 13.0. The fourth-order valence-corrected chi connectivity index (χ4v) is 1.72. The number of hydrogen-bond acceptors (Lipinski definition) is 6. The standard InChI is InChI=1S/C11H17N3O4/c1-16-6-4-9-13-10(18-14-9)7-12-11(15)8-3-2-5-17-8/h8H,2-7H2,1H3,(H,12,15)/t8-/m1/s1. The molecule has 18 heavy (non-hydrogen) atoms. The van der Waals surface area contributed by atoms with Crippen molar-refractivity contribution in [1.29, 1.82) is 0 Å². The molecule has 0 unspecified atom stereocenters. The van der Waals surface area contributed by atoms with E-state index in [1.165, 1.54) is 0 Å². The number of carbonyl (C=O) groups excluding carboxylic acids is 1. The molecule has 1 saturated heterocycles. The second kappa shape index (κ2) is 6.46. The number of hydrogen-bond donors (Lipinski definition) is 1. The minimum Gasteiger partial charge on any atom is -0.384 e. The van der Waals surface area contributed by atoms with E-state index in [0.717, 1.165) is 12.8 Å². The van der Waals surface area contributed by atoms with E-state index in [9.17, 15) is 4.79 Å². The zero-order valence-corrected chi connectivity index (χ0v) is 10.3. The van der Waals surface area contributed by atoms with Gasteiger partial charge in [-0.25, -0.2) is 0 Å². The highest BCUT2D eigenvalue weighted by Gasteiger charge is 2.23. The summed E-state index contributed by atoms with van der Waals surface area (Å²) in [4.78, 5) is 15.8. The van der Waals surface area contributed by atoms with Gasteiger partial charge in [0.1, 0.15) is 6.10 Å². The Morgan fingerprint density at radius 1 is 1.61 bits per heavy atom. The highest BCUT2D eigenvalue weighted by atomic mass is 16.5. The number of ether oxygens (including phenoxy) is 2. The summed E-state index contributed by atoms with van der Waals surface area (Å²) in [6.07, 6.45) is 1.97. The maximum atomic E-state index is 11.7. The summed E-state index contributed by atoms with van der Waals surface area (Å²) in [7, 11) is 1.61. The van der Waals surface area contributed by atoms with Crippen LogP contribution >= 0.6 is 0 Å². The molecule has 0 aliphatic carbocycles. The smallest absolute Gasteiger partial charge is 0.249 e. The first-order valence-corrected chi connectivity index (χ1v) is 5.99. The van der Waals surface area contributed by atoms with Crippen LogP contribution in [0.1, 0.15) is 24.6 Å². The molecule has 100 valence electrons. The lowest BCUT2D eigenvalue weighted by Crippen LogP contribution is -2.33. The Morgan fingerprint density at radius 3 is 3.22 bits per heavy atom. The molecule has 0 aromatic carbocycles. The number of amides is 1. The maximum Gasteiger partial charge on any atom is 0.249 e. The largest absolute Gasteiger partial charge is 0.384 e. The number of methoxy groups -OCH3 is 1. The van der Waals surface area contributed by atoms with Crippen LogP contribution in [0.15, 0.2) is 4.52 Å². The highest BCUT2D eigenvalue weighted by molar-refractivity contribution is 5.80. The van der Waals surface area contributed by atoms with E-state index in [1.54, 1.807) is 7.11 Å². The first-order chi connectivity index (χ1) is 8.79. The normalized spacial score (nSPS) is 19.1. The number of nitrogens with one attached hydrogen (secondary N) is 1. The molecule has 0 radical (unpaired) electrons. The molecule has 1 aliphatic heterocycles. The Kier molecular flexibility index (Phi) is 4.66. The zero-order valence-electron chi connectivity index (χ0n) is 10.3. The molecule has 2 heterocycles. The lowest BCUT2D eigenvalue weighted by molar-refractivity contribution is -0.130. The van der Waals surface area contributed by atoms with Gasteiger partial charge in [0.15, 0.2) is 5.82 Å². The highest BCUT2D eigenvalue weighted by Crippen LogP contribution is 2.11. The number of nitrogens with zero attached hydrogens (tertiary/aromatic N) is 2. The van der Waals surface area contributed by atoms with E-state index in [-0.39, 0.29) is 18.6 Å². The quantitative estimate of drug-likeness (QED) is 0.773. The lowest BCUT2D eigenvalue weighted by atomic mass is 10.2. The molecular weight excluding hydrogens is 238 g/mol. The summed E-state index contributed by atoms with van der Waals surface area (Å²) in [6, 6.07) is 0. The fraction of sp³-hybridized carbons (Fsp3) is 0.727. The SMILES string of the molecule is COCCc1noc(CNC(=O)[C@H]2CCCO2)n1. The van der Waals surface area contributed by atoms with Gasteiger partial charge in [0.2, 0.25) is 11.8 Å². The number of rotatable bonds is 6. The van der Waals surface area contributed by atoms with Crippen molar-refractivity contribution in [2.24, 2.45) is 0 Å². The van der Waals surface area contributed by atoms with Crippen molar-refractivity contribution in [3.8, 4) is 0 Å². The van der Waals surface area contributed by atoms with Crippen LogP contribution in [0, 0.1) is 0 Å². The van der Waals surface area contributed by atoms with Crippen LogP contribution in [-0.4, -0.2) is 42.5 Å². The molecule has 1 atom stereocenters. The molecule has 1 aromatic heterocycles. The van der Waals surface area contributed by atoms with Gasteiger partial charge in [-0.2, -0.15) is 4.98 Å². The van der Waals surface area contributed by atoms with Crippen molar-refractivity contribution in [1.82, 2.24) is 15.5 Å². The van der Waals surface area contributed by atoms with Gasteiger partial charge in [-0.1, -0.05) is 5.16 Å². The summed E-state index contributed by atoms with van der Waals surface area (Å²) in [5.74, 6) is 0.856. The number of carbonyl (C=O) groups is 1. The summed E-state index contributed by atoms with van der Waals surface area (Å²) >= 11 is 0. The van der Waals surface area contributed by atoms with E-state index in [2.05, 4.69) is 15.5 Å². The van der Waals surface area contributed by atoms with E-state index in [0.29, 0.717) is 31.3 Å². The van der Waals surface area contributed by atoms with E-state index in [4.69, 9.17) is 14.0 Å². The predicted octanol–water partition coefficient (Wildman–Crippen LogP) is 0.0537. The van der Waals surface area contributed by atoms with Crippen LogP contribution < -0.4 is 5.32 Å². The Bertz CT molecular complexity index is 387. The van der Waals surface area contributed by atoms with Crippen LogP contribution in [-0.2, 0) is 27.2 Å². The number of aromatic nitrogens is 2. The van der Waals surface area contributed by atoms with Gasteiger partial charge in [-0.15, -0.1) is 0 Å². The van der Waals surface area contributed by atoms with E-state index >= 15 is 0 Å². The second-order valence-electron chi connectivity index (χ2n) is 4.07. The summed E-state index contributed by atoms with van der Waals surface area (Å²) in [5, 5.41) is 6.50. The van der Waals surface area contributed by atoms with Crippen molar-refractivity contribution in [2.45, 2.75) is 31.9 Å². The lowest BCUT2D eigenvalue weighted by Gasteiger charge is -2.07. The van der Waals surface area contributed by atoms with Crippen molar-refractivity contribution in [3.05, 3.63) is 11.7 Å².